The number of hydrogen-bond donors (Lipinski definition) is 1. The Morgan fingerprint density at radius 2 is 1.77 bits per heavy atom. The van der Waals surface area contributed by atoms with Crippen molar-refractivity contribution in [1.82, 2.24) is 4.41 Å². The number of hydrazone groups is 1. The van der Waals surface area contributed by atoms with Crippen LogP contribution in [0.2, 0.25) is 5.02 Å². The molecule has 1 N–H and O–H groups in total. The highest BCUT2D eigenvalue weighted by atomic mass is 35.5. The van der Waals surface area contributed by atoms with Gasteiger partial charge in [0.05, 0.1) is 17.7 Å². The summed E-state index contributed by atoms with van der Waals surface area (Å²) in [5.41, 5.74) is 1.94. The Balaban J connectivity index is 1.72. The maximum atomic E-state index is 13.2. The van der Waals surface area contributed by atoms with Crippen LogP contribution in [0.25, 0.3) is 0 Å². The van der Waals surface area contributed by atoms with Crippen molar-refractivity contribution >= 4 is 38.9 Å². The zero-order valence-electron chi connectivity index (χ0n) is 16.4. The minimum atomic E-state index is -4.05. The van der Waals surface area contributed by atoms with Gasteiger partial charge >= 0.3 is 0 Å². The summed E-state index contributed by atoms with van der Waals surface area (Å²) >= 11 is 6.12. The van der Waals surface area contributed by atoms with Gasteiger partial charge in [-0.3, -0.25) is 4.79 Å². The number of nitrogens with one attached hydrogen (secondary N) is 1. The Kier molecular flexibility index (Phi) is 5.67. The average molecular weight is 456 g/mol. The lowest BCUT2D eigenvalue weighted by Crippen LogP contribution is -2.38. The van der Waals surface area contributed by atoms with Gasteiger partial charge in [0.15, 0.2) is 0 Å². The predicted molar refractivity (Wildman–Crippen MR) is 119 cm³/mol. The number of sulfonamides is 1. The lowest BCUT2D eigenvalue weighted by molar-refractivity contribution is -0.116. The number of rotatable bonds is 5. The number of benzene rings is 3. The van der Waals surface area contributed by atoms with E-state index in [0.717, 1.165) is 4.41 Å². The van der Waals surface area contributed by atoms with E-state index in [1.165, 1.54) is 19.2 Å². The largest absolute Gasteiger partial charge is 0.495 e. The molecule has 4 rings (SSSR count). The summed E-state index contributed by atoms with van der Waals surface area (Å²) in [5.74, 6) is -0.0903. The molecule has 1 heterocycles. The molecule has 0 bridgehead atoms. The second-order valence-electron chi connectivity index (χ2n) is 6.69. The lowest BCUT2D eigenvalue weighted by atomic mass is 10.0. The third-order valence-corrected chi connectivity index (χ3v) is 6.58. The Bertz CT molecular complexity index is 1280. The summed E-state index contributed by atoms with van der Waals surface area (Å²) in [5, 5.41) is 7.39. The molecule has 0 fully saturated rings. The highest BCUT2D eigenvalue weighted by Gasteiger charge is 2.34. The number of fused-ring (bicyclic) bond motifs is 1. The molecule has 0 aromatic heterocycles. The molecule has 31 heavy (non-hydrogen) atoms. The van der Waals surface area contributed by atoms with Gasteiger partial charge in [0.1, 0.15) is 18.0 Å². The van der Waals surface area contributed by atoms with Crippen LogP contribution in [0.3, 0.4) is 0 Å². The number of amides is 1. The van der Waals surface area contributed by atoms with E-state index in [-0.39, 0.29) is 4.90 Å². The molecule has 0 spiro atoms. The second-order valence-corrected chi connectivity index (χ2v) is 8.94. The van der Waals surface area contributed by atoms with Crippen molar-refractivity contribution in [2.24, 2.45) is 5.10 Å². The van der Waals surface area contributed by atoms with Gasteiger partial charge < -0.3 is 10.1 Å². The fraction of sp³-hybridized carbons (Fsp3) is 0.0909. The maximum absolute atomic E-state index is 13.2. The molecule has 158 valence electrons. The van der Waals surface area contributed by atoms with Crippen molar-refractivity contribution in [3.8, 4) is 5.75 Å². The number of halogens is 1. The SMILES string of the molecule is COc1ccccc1NC(=O)CN1N=C(c2ccccc2)c2cc(Cl)ccc2S1(=O)=O. The Morgan fingerprint density at radius 3 is 2.52 bits per heavy atom. The Hall–Kier alpha value is -3.36. The number of hydrogen-bond acceptors (Lipinski definition) is 5. The van der Waals surface area contributed by atoms with Gasteiger partial charge in [-0.05, 0) is 30.3 Å². The first-order valence-corrected chi connectivity index (χ1v) is 11.1. The summed E-state index contributed by atoms with van der Waals surface area (Å²) in [6, 6.07) is 20.5. The minimum Gasteiger partial charge on any atom is -0.495 e. The maximum Gasteiger partial charge on any atom is 0.280 e. The van der Waals surface area contributed by atoms with Gasteiger partial charge in [-0.1, -0.05) is 54.1 Å². The van der Waals surface area contributed by atoms with Crippen LogP contribution in [0.15, 0.2) is 82.8 Å². The molecule has 7 nitrogen and oxygen atoms in total. The third kappa shape index (κ3) is 4.12. The molecule has 1 aliphatic heterocycles. The normalized spacial score (nSPS) is 14.4. The van der Waals surface area contributed by atoms with Crippen LogP contribution in [0.4, 0.5) is 5.69 Å². The van der Waals surface area contributed by atoms with E-state index in [2.05, 4.69) is 10.4 Å². The van der Waals surface area contributed by atoms with Crippen molar-refractivity contribution < 1.29 is 17.9 Å². The Labute approximate surface area is 185 Å². The molecule has 1 amide bonds. The van der Waals surface area contributed by atoms with Gasteiger partial charge in [-0.15, -0.1) is 0 Å². The van der Waals surface area contributed by atoms with Crippen LogP contribution in [0.5, 0.6) is 5.75 Å². The van der Waals surface area contributed by atoms with Crippen LogP contribution in [-0.4, -0.2) is 38.1 Å². The van der Waals surface area contributed by atoms with E-state index in [0.29, 0.717) is 33.3 Å². The molecule has 1 aliphatic rings. The van der Waals surface area contributed by atoms with Gasteiger partial charge in [0.2, 0.25) is 5.91 Å². The minimum absolute atomic E-state index is 0.0378. The van der Waals surface area contributed by atoms with Gasteiger partial charge in [-0.2, -0.15) is 17.9 Å². The second kappa shape index (κ2) is 8.41. The molecular weight excluding hydrogens is 438 g/mol. The summed E-state index contributed by atoms with van der Waals surface area (Å²) in [6.45, 7) is -0.501. The molecular formula is C22H18ClN3O4S. The quantitative estimate of drug-likeness (QED) is 0.634. The van der Waals surface area contributed by atoms with E-state index in [4.69, 9.17) is 16.3 Å². The smallest absolute Gasteiger partial charge is 0.280 e. The molecule has 0 unspecified atom stereocenters. The number of methoxy groups -OCH3 is 1. The monoisotopic (exact) mass is 455 g/mol. The van der Waals surface area contributed by atoms with Crippen LogP contribution in [0, 0.1) is 0 Å². The lowest BCUT2D eigenvalue weighted by Gasteiger charge is -2.27. The number of carbonyl (C=O) groups is 1. The first-order chi connectivity index (χ1) is 14.9. The molecule has 3 aromatic carbocycles. The van der Waals surface area contributed by atoms with E-state index in [1.807, 2.05) is 30.3 Å². The van der Waals surface area contributed by atoms with Gasteiger partial charge in [0.25, 0.3) is 10.0 Å². The number of anilines is 1. The van der Waals surface area contributed by atoms with Crippen LogP contribution < -0.4 is 10.1 Å². The van der Waals surface area contributed by atoms with E-state index < -0.39 is 22.5 Å². The molecule has 3 aromatic rings. The van der Waals surface area contributed by atoms with Crippen molar-refractivity contribution in [2.45, 2.75) is 4.90 Å². The van der Waals surface area contributed by atoms with Crippen LogP contribution >= 0.6 is 11.6 Å². The molecule has 0 atom stereocenters. The van der Waals surface area contributed by atoms with E-state index in [9.17, 15) is 13.2 Å². The summed E-state index contributed by atoms with van der Waals surface area (Å²) in [7, 11) is -2.56. The average Bonchev–Trinajstić information content (AvgIpc) is 2.76. The zero-order valence-corrected chi connectivity index (χ0v) is 18.0. The van der Waals surface area contributed by atoms with Crippen LogP contribution in [0.1, 0.15) is 11.1 Å². The van der Waals surface area contributed by atoms with Crippen molar-refractivity contribution in [2.75, 3.05) is 19.0 Å². The number of para-hydroxylation sites is 2. The summed E-state index contributed by atoms with van der Waals surface area (Å²) < 4.78 is 32.4. The molecule has 0 saturated heterocycles. The highest BCUT2D eigenvalue weighted by Crippen LogP contribution is 2.31. The number of nitrogens with zero attached hydrogens (tertiary/aromatic N) is 2. The standard InChI is InChI=1S/C22H18ClN3O4S/c1-30-19-10-6-5-9-18(19)24-21(27)14-26-25-22(15-7-3-2-4-8-15)17-13-16(23)11-12-20(17)31(26,28)29/h2-13H,14H2,1H3,(H,24,27). The van der Waals surface area contributed by atoms with Crippen molar-refractivity contribution in [3.63, 3.8) is 0 Å². The first-order valence-electron chi connectivity index (χ1n) is 9.29. The first kappa shape index (κ1) is 20.9. The highest BCUT2D eigenvalue weighted by molar-refractivity contribution is 7.89. The van der Waals surface area contributed by atoms with E-state index >= 15 is 0 Å². The topological polar surface area (TPSA) is 88.1 Å². The Morgan fingerprint density at radius 1 is 1.06 bits per heavy atom. The predicted octanol–water partition coefficient (Wildman–Crippen LogP) is 3.74. The van der Waals surface area contributed by atoms with Crippen molar-refractivity contribution in [3.05, 3.63) is 88.9 Å². The zero-order chi connectivity index (χ0) is 22.0. The number of carbonyl (C=O) groups excluding carboxylic acids is 1. The summed E-state index contributed by atoms with van der Waals surface area (Å²) in [4.78, 5) is 12.7. The fourth-order valence-electron chi connectivity index (χ4n) is 3.23. The van der Waals surface area contributed by atoms with Gasteiger partial charge in [0, 0.05) is 16.1 Å². The van der Waals surface area contributed by atoms with E-state index in [1.54, 1.807) is 30.3 Å². The molecule has 0 aliphatic carbocycles. The van der Waals surface area contributed by atoms with Gasteiger partial charge in [-0.25, -0.2) is 0 Å². The molecule has 9 heteroatoms. The summed E-state index contributed by atoms with van der Waals surface area (Å²) in [6.07, 6.45) is 0. The van der Waals surface area contributed by atoms with Crippen molar-refractivity contribution in [1.29, 1.82) is 0 Å². The molecule has 0 saturated carbocycles. The fourth-order valence-corrected chi connectivity index (χ4v) is 4.78. The molecule has 0 radical (unpaired) electrons. The van der Waals surface area contributed by atoms with Crippen LogP contribution in [-0.2, 0) is 14.8 Å². The third-order valence-electron chi connectivity index (χ3n) is 4.67. The number of ether oxygens (including phenoxy) is 1.